The molecule has 1 N–H and O–H groups in total. The lowest BCUT2D eigenvalue weighted by atomic mass is 10.0. The summed E-state index contributed by atoms with van der Waals surface area (Å²) in [6.07, 6.45) is 4.10. The number of esters is 2. The molecule has 2 aromatic heterocycles. The average molecular weight is 623 g/mol. The Hall–Kier alpha value is -3.47. The standard InChI is InChI=1S/C29H23Cl2F2NO6S/c30-20-12-34-13-21(31)19(20)11-23(17-7-8-22(40-29(32)33)24(9-17)37-14-16-5-6-16)39-27(35)15-38-28(36)26-10-18-3-1-2-4-25(18)41-26/h1-4,7-10,12-13,16,23,29H,5-6,11,14-15H2/p+1/t23-/m0/s1. The van der Waals surface area contributed by atoms with Gasteiger partial charge in [0.2, 0.25) is 0 Å². The van der Waals surface area contributed by atoms with E-state index >= 15 is 0 Å². The van der Waals surface area contributed by atoms with Gasteiger partial charge in [0.15, 0.2) is 30.5 Å². The van der Waals surface area contributed by atoms with Crippen molar-refractivity contribution in [2.45, 2.75) is 32.0 Å². The molecule has 0 radical (unpaired) electrons. The maximum absolute atomic E-state index is 13.0. The third-order valence-corrected chi connectivity index (χ3v) is 8.11. The number of carbonyl (C=O) groups is 2. The quantitative estimate of drug-likeness (QED) is 0.157. The number of carbonyl (C=O) groups excluding carboxylic acids is 2. The number of pyridine rings is 1. The first-order chi connectivity index (χ1) is 19.8. The van der Waals surface area contributed by atoms with Gasteiger partial charge in [-0.05, 0) is 54.0 Å². The molecule has 1 aliphatic rings. The maximum Gasteiger partial charge on any atom is 0.387 e. The molecule has 2 aromatic carbocycles. The number of nitrogens with one attached hydrogen (secondary N) is 1. The molecule has 4 aromatic rings. The van der Waals surface area contributed by atoms with Gasteiger partial charge in [0.25, 0.3) is 0 Å². The summed E-state index contributed by atoms with van der Waals surface area (Å²) in [4.78, 5) is 28.7. The van der Waals surface area contributed by atoms with Crippen LogP contribution in [-0.2, 0) is 20.7 Å². The van der Waals surface area contributed by atoms with Crippen LogP contribution in [0.3, 0.4) is 0 Å². The molecule has 0 amide bonds. The van der Waals surface area contributed by atoms with E-state index in [4.69, 9.17) is 37.4 Å². The highest BCUT2D eigenvalue weighted by Gasteiger charge is 2.26. The minimum atomic E-state index is -3.05. The van der Waals surface area contributed by atoms with E-state index in [2.05, 4.69) is 9.72 Å². The Labute approximate surface area is 247 Å². The van der Waals surface area contributed by atoms with E-state index in [1.807, 2.05) is 24.3 Å². The number of rotatable bonds is 12. The number of benzene rings is 2. The number of halogens is 4. The molecule has 0 spiro atoms. The van der Waals surface area contributed by atoms with Crippen LogP contribution in [0.2, 0.25) is 10.0 Å². The predicted molar refractivity (Wildman–Crippen MR) is 149 cm³/mol. The lowest BCUT2D eigenvalue weighted by Crippen LogP contribution is -2.20. The average Bonchev–Trinajstić information content (AvgIpc) is 3.67. The Kier molecular flexibility index (Phi) is 9.22. The van der Waals surface area contributed by atoms with Crippen molar-refractivity contribution in [3.8, 4) is 11.5 Å². The zero-order valence-electron chi connectivity index (χ0n) is 21.4. The van der Waals surface area contributed by atoms with Crippen molar-refractivity contribution in [2.75, 3.05) is 13.2 Å². The van der Waals surface area contributed by atoms with Crippen molar-refractivity contribution >= 4 is 56.6 Å². The van der Waals surface area contributed by atoms with Crippen LogP contribution in [0, 0.1) is 5.92 Å². The van der Waals surface area contributed by atoms with Crippen LogP contribution in [0.5, 0.6) is 11.5 Å². The van der Waals surface area contributed by atoms with Gasteiger partial charge < -0.3 is 18.9 Å². The van der Waals surface area contributed by atoms with Crippen LogP contribution >= 0.6 is 34.5 Å². The van der Waals surface area contributed by atoms with Gasteiger partial charge in [-0.2, -0.15) is 8.78 Å². The number of hydrogen-bond donors (Lipinski definition) is 0. The molecule has 2 heterocycles. The lowest BCUT2D eigenvalue weighted by molar-refractivity contribution is -0.377. The maximum atomic E-state index is 13.0. The Balaban J connectivity index is 1.35. The molecule has 0 aliphatic heterocycles. The predicted octanol–water partition coefficient (Wildman–Crippen LogP) is 7.10. The van der Waals surface area contributed by atoms with Crippen LogP contribution in [0.4, 0.5) is 8.78 Å². The summed E-state index contributed by atoms with van der Waals surface area (Å²) in [6, 6.07) is 13.5. The minimum Gasteiger partial charge on any atom is -0.489 e. The fraction of sp³-hybridized carbons (Fsp3) is 0.276. The highest BCUT2D eigenvalue weighted by Crippen LogP contribution is 2.37. The number of aromatic amines is 1. The fourth-order valence-corrected chi connectivity index (χ4v) is 5.57. The van der Waals surface area contributed by atoms with Crippen molar-refractivity contribution in [3.05, 3.63) is 87.0 Å². The topological polar surface area (TPSA) is 85.2 Å². The molecular formula is C29H24Cl2F2NO6S+. The molecule has 7 nitrogen and oxygen atoms in total. The molecular weight excluding hydrogens is 599 g/mol. The number of alkyl halides is 2. The van der Waals surface area contributed by atoms with E-state index in [-0.39, 0.29) is 17.9 Å². The van der Waals surface area contributed by atoms with Gasteiger partial charge in [-0.1, -0.05) is 47.5 Å². The van der Waals surface area contributed by atoms with E-state index in [0.29, 0.717) is 38.6 Å². The molecule has 5 rings (SSSR count). The van der Waals surface area contributed by atoms with Crippen molar-refractivity contribution in [2.24, 2.45) is 5.92 Å². The van der Waals surface area contributed by atoms with Crippen LogP contribution < -0.4 is 14.5 Å². The third-order valence-electron chi connectivity index (χ3n) is 6.33. The summed E-state index contributed by atoms with van der Waals surface area (Å²) in [5.74, 6) is -1.19. The molecule has 12 heteroatoms. The Morgan fingerprint density at radius 2 is 1.78 bits per heavy atom. The van der Waals surface area contributed by atoms with Gasteiger partial charge in [-0.15, -0.1) is 11.3 Å². The summed E-state index contributed by atoms with van der Waals surface area (Å²) in [6.45, 7) is -3.36. The summed E-state index contributed by atoms with van der Waals surface area (Å²) >= 11 is 14.0. The van der Waals surface area contributed by atoms with E-state index < -0.39 is 31.3 Å². The van der Waals surface area contributed by atoms with Gasteiger partial charge in [0, 0.05) is 16.7 Å². The molecule has 1 fully saturated rings. The SMILES string of the molecule is O=C(COC(=O)c1cc2ccccc2s1)O[C@@H](Cc1c(Cl)c[nH+]cc1Cl)c1ccc(OC(F)F)c(OCC2CC2)c1. The third kappa shape index (κ3) is 7.63. The number of aromatic nitrogens is 1. The minimum absolute atomic E-state index is 0.0411. The zero-order valence-corrected chi connectivity index (χ0v) is 23.7. The number of hydrogen-bond acceptors (Lipinski definition) is 7. The van der Waals surface area contributed by atoms with Gasteiger partial charge in [-0.3, -0.25) is 0 Å². The first-order valence-corrected chi connectivity index (χ1v) is 14.2. The van der Waals surface area contributed by atoms with E-state index in [0.717, 1.165) is 22.9 Å². The van der Waals surface area contributed by atoms with Crippen molar-refractivity contribution in [1.82, 2.24) is 0 Å². The number of ether oxygens (including phenoxy) is 4. The first kappa shape index (κ1) is 29.0. The smallest absolute Gasteiger partial charge is 0.387 e. The fourth-order valence-electron chi connectivity index (χ4n) is 4.08. The van der Waals surface area contributed by atoms with E-state index in [1.165, 1.54) is 41.9 Å². The molecule has 0 bridgehead atoms. The van der Waals surface area contributed by atoms with Crippen LogP contribution in [-0.4, -0.2) is 31.8 Å². The molecule has 0 saturated heterocycles. The summed E-state index contributed by atoms with van der Waals surface area (Å²) in [5.41, 5.74) is 0.905. The second-order valence-electron chi connectivity index (χ2n) is 9.38. The zero-order chi connectivity index (χ0) is 28.9. The lowest BCUT2D eigenvalue weighted by Gasteiger charge is -2.21. The highest BCUT2D eigenvalue weighted by molar-refractivity contribution is 7.20. The highest BCUT2D eigenvalue weighted by atomic mass is 35.5. The van der Waals surface area contributed by atoms with E-state index in [1.54, 1.807) is 6.07 Å². The normalized spacial score (nSPS) is 13.7. The number of thiophene rings is 1. The second-order valence-corrected chi connectivity index (χ2v) is 11.3. The number of fused-ring (bicyclic) bond motifs is 1. The molecule has 1 aliphatic carbocycles. The molecule has 41 heavy (non-hydrogen) atoms. The molecule has 1 atom stereocenters. The molecule has 1 saturated carbocycles. The first-order valence-electron chi connectivity index (χ1n) is 12.7. The van der Waals surface area contributed by atoms with Gasteiger partial charge >= 0.3 is 18.6 Å². The summed E-state index contributed by atoms with van der Waals surface area (Å²) in [5, 5.41) is 1.50. The monoisotopic (exact) mass is 622 g/mol. The largest absolute Gasteiger partial charge is 0.489 e. The van der Waals surface area contributed by atoms with Gasteiger partial charge in [-0.25, -0.2) is 14.6 Å². The molecule has 0 unspecified atom stereocenters. The van der Waals surface area contributed by atoms with Crippen molar-refractivity contribution < 1.29 is 42.3 Å². The Morgan fingerprint density at radius 3 is 2.49 bits per heavy atom. The van der Waals surface area contributed by atoms with Crippen molar-refractivity contribution in [3.63, 3.8) is 0 Å². The summed E-state index contributed by atoms with van der Waals surface area (Å²) < 4.78 is 48.3. The van der Waals surface area contributed by atoms with E-state index in [9.17, 15) is 18.4 Å². The van der Waals surface area contributed by atoms with Crippen LogP contribution in [0.25, 0.3) is 10.1 Å². The van der Waals surface area contributed by atoms with Crippen molar-refractivity contribution in [1.29, 1.82) is 0 Å². The molecule has 214 valence electrons. The Bertz CT molecular complexity index is 1510. The Morgan fingerprint density at radius 1 is 1.02 bits per heavy atom. The summed E-state index contributed by atoms with van der Waals surface area (Å²) in [7, 11) is 0. The van der Waals surface area contributed by atoms with Crippen LogP contribution in [0.1, 0.15) is 39.7 Å². The van der Waals surface area contributed by atoms with Gasteiger partial charge in [0.05, 0.1) is 6.61 Å². The van der Waals surface area contributed by atoms with Gasteiger partial charge in [0.1, 0.15) is 21.0 Å². The number of H-pyrrole nitrogens is 1. The second kappa shape index (κ2) is 13.0. The van der Waals surface area contributed by atoms with Crippen LogP contribution in [0.15, 0.2) is 60.9 Å².